The Morgan fingerprint density at radius 2 is 1.90 bits per heavy atom. The van der Waals surface area contributed by atoms with Crippen LogP contribution in [0.1, 0.15) is 43.1 Å². The van der Waals surface area contributed by atoms with Crippen LogP contribution in [0.15, 0.2) is 35.0 Å². The maximum Gasteiger partial charge on any atom is 0.101 e. The van der Waals surface area contributed by atoms with Gasteiger partial charge in [0.25, 0.3) is 0 Å². The van der Waals surface area contributed by atoms with Gasteiger partial charge in [0, 0.05) is 21.9 Å². The number of hydrogen-bond acceptors (Lipinski definition) is 4. The number of thiophene rings is 1. The highest BCUT2D eigenvalue weighted by atomic mass is 32.1. The summed E-state index contributed by atoms with van der Waals surface area (Å²) in [6.07, 6.45) is 0.0903. The van der Waals surface area contributed by atoms with E-state index in [-0.39, 0.29) is 5.41 Å². The van der Waals surface area contributed by atoms with Crippen molar-refractivity contribution in [3.05, 3.63) is 51.3 Å². The molecule has 0 bridgehead atoms. The number of aliphatic hydroxyl groups excluding tert-OH is 1. The number of nitrogens with zero attached hydrogens (tertiary/aromatic N) is 1. The van der Waals surface area contributed by atoms with E-state index in [4.69, 9.17) is 0 Å². The number of thiazole rings is 1. The number of hydrogen-bond donors (Lipinski definition) is 1. The molecule has 0 radical (unpaired) electrons. The molecule has 3 rings (SSSR count). The third-order valence-corrected chi connectivity index (χ3v) is 5.78. The van der Waals surface area contributed by atoms with E-state index in [0.717, 1.165) is 10.7 Å². The van der Waals surface area contributed by atoms with Crippen LogP contribution in [0.3, 0.4) is 0 Å². The lowest BCUT2D eigenvalue weighted by Gasteiger charge is -2.14. The summed E-state index contributed by atoms with van der Waals surface area (Å²) in [4.78, 5) is 4.61. The molecule has 3 aromatic rings. The Balaban J connectivity index is 1.83. The molecule has 1 unspecified atom stereocenters. The second-order valence-corrected chi connectivity index (χ2v) is 8.07. The third kappa shape index (κ3) is 3.03. The maximum atomic E-state index is 10.5. The summed E-state index contributed by atoms with van der Waals surface area (Å²) in [6.45, 7) is 6.44. The summed E-state index contributed by atoms with van der Waals surface area (Å²) in [5, 5.41) is 16.9. The molecule has 2 aromatic heterocycles. The molecule has 1 N–H and O–H groups in total. The van der Waals surface area contributed by atoms with E-state index in [1.165, 1.54) is 15.6 Å². The van der Waals surface area contributed by atoms with Crippen LogP contribution < -0.4 is 0 Å². The molecular weight excluding hydrogens is 298 g/mol. The van der Waals surface area contributed by atoms with E-state index in [2.05, 4.69) is 49.3 Å². The average Bonchev–Trinajstić information content (AvgIpc) is 3.05. The molecule has 0 aliphatic heterocycles. The first-order valence-corrected chi connectivity index (χ1v) is 8.80. The first-order valence-electron chi connectivity index (χ1n) is 7.04. The van der Waals surface area contributed by atoms with Crippen LogP contribution in [-0.2, 0) is 11.8 Å². The van der Waals surface area contributed by atoms with E-state index in [1.54, 1.807) is 22.7 Å². The van der Waals surface area contributed by atoms with Crippen molar-refractivity contribution in [2.24, 2.45) is 0 Å². The molecular formula is C17H19NOS2. The molecule has 0 saturated heterocycles. The first kappa shape index (κ1) is 14.7. The van der Waals surface area contributed by atoms with Crippen LogP contribution in [-0.4, -0.2) is 10.1 Å². The lowest BCUT2D eigenvalue weighted by atomic mass is 9.98. The maximum absolute atomic E-state index is 10.5. The normalized spacial score (nSPS) is 13.7. The van der Waals surface area contributed by atoms with Gasteiger partial charge in [-0.25, -0.2) is 4.98 Å². The van der Waals surface area contributed by atoms with Crippen LogP contribution in [0.25, 0.3) is 10.1 Å². The molecule has 0 fully saturated rings. The molecule has 21 heavy (non-hydrogen) atoms. The van der Waals surface area contributed by atoms with Crippen LogP contribution >= 0.6 is 22.7 Å². The zero-order valence-electron chi connectivity index (χ0n) is 12.5. The molecule has 0 aliphatic rings. The fourth-order valence-corrected chi connectivity index (χ4v) is 4.22. The Kier molecular flexibility index (Phi) is 3.86. The summed E-state index contributed by atoms with van der Waals surface area (Å²) in [6, 6.07) is 8.34. The monoisotopic (exact) mass is 317 g/mol. The fourth-order valence-electron chi connectivity index (χ4n) is 2.29. The van der Waals surface area contributed by atoms with Crippen molar-refractivity contribution in [3.8, 4) is 0 Å². The van der Waals surface area contributed by atoms with Gasteiger partial charge in [-0.05, 0) is 22.4 Å². The number of rotatable bonds is 3. The van der Waals surface area contributed by atoms with Gasteiger partial charge in [-0.1, -0.05) is 39.0 Å². The summed E-state index contributed by atoms with van der Waals surface area (Å²) >= 11 is 3.36. The second-order valence-electron chi connectivity index (χ2n) is 6.30. The van der Waals surface area contributed by atoms with Gasteiger partial charge >= 0.3 is 0 Å². The zero-order valence-corrected chi connectivity index (χ0v) is 14.1. The van der Waals surface area contributed by atoms with Crippen molar-refractivity contribution in [3.63, 3.8) is 0 Å². The van der Waals surface area contributed by atoms with E-state index < -0.39 is 6.10 Å². The molecule has 0 amide bonds. The summed E-state index contributed by atoms with van der Waals surface area (Å²) in [5.41, 5.74) is 2.03. The Morgan fingerprint density at radius 3 is 2.62 bits per heavy atom. The van der Waals surface area contributed by atoms with Crippen molar-refractivity contribution in [1.29, 1.82) is 0 Å². The van der Waals surface area contributed by atoms with E-state index in [9.17, 15) is 5.11 Å². The lowest BCUT2D eigenvalue weighted by molar-refractivity contribution is 0.174. The van der Waals surface area contributed by atoms with Crippen molar-refractivity contribution >= 4 is 32.8 Å². The van der Waals surface area contributed by atoms with Gasteiger partial charge in [0.2, 0.25) is 0 Å². The predicted molar refractivity (Wildman–Crippen MR) is 91.3 cm³/mol. The Bertz CT molecular complexity index is 751. The number of aromatic nitrogens is 1. The summed E-state index contributed by atoms with van der Waals surface area (Å²) in [7, 11) is 0. The van der Waals surface area contributed by atoms with Crippen molar-refractivity contribution in [2.45, 2.75) is 38.7 Å². The highest BCUT2D eigenvalue weighted by Gasteiger charge is 2.21. The minimum atomic E-state index is -0.532. The molecule has 4 heteroatoms. The topological polar surface area (TPSA) is 33.1 Å². The molecule has 110 valence electrons. The molecule has 2 nitrogen and oxygen atoms in total. The number of aliphatic hydroxyl groups is 1. The van der Waals surface area contributed by atoms with Crippen molar-refractivity contribution < 1.29 is 5.11 Å². The quantitative estimate of drug-likeness (QED) is 0.743. The molecule has 0 spiro atoms. The SMILES string of the molecule is CC(C)(C)c1nc(C(O)Cc2csc3ccccc23)cs1. The largest absolute Gasteiger partial charge is 0.386 e. The van der Waals surface area contributed by atoms with Crippen LogP contribution in [0, 0.1) is 0 Å². The Hall–Kier alpha value is -1.23. The molecule has 0 saturated carbocycles. The number of fused-ring (bicyclic) bond motifs is 1. The van der Waals surface area contributed by atoms with Gasteiger partial charge in [0.05, 0.1) is 10.7 Å². The smallest absolute Gasteiger partial charge is 0.101 e. The van der Waals surface area contributed by atoms with E-state index >= 15 is 0 Å². The van der Waals surface area contributed by atoms with Crippen LogP contribution in [0.4, 0.5) is 0 Å². The van der Waals surface area contributed by atoms with Gasteiger partial charge in [-0.2, -0.15) is 0 Å². The van der Waals surface area contributed by atoms with Crippen LogP contribution in [0.5, 0.6) is 0 Å². The van der Waals surface area contributed by atoms with Gasteiger partial charge in [-0.3, -0.25) is 0 Å². The predicted octanol–water partition coefficient (Wildman–Crippen LogP) is 4.93. The summed E-state index contributed by atoms with van der Waals surface area (Å²) in [5.74, 6) is 0. The van der Waals surface area contributed by atoms with Gasteiger partial charge in [-0.15, -0.1) is 22.7 Å². The standard InChI is InChI=1S/C17H19NOS2/c1-17(2,3)16-18-13(10-21-16)14(19)8-11-9-20-15-7-5-4-6-12(11)15/h4-7,9-10,14,19H,8H2,1-3H3. The van der Waals surface area contributed by atoms with E-state index in [1.807, 2.05) is 11.4 Å². The second kappa shape index (κ2) is 5.52. The molecule has 1 atom stereocenters. The lowest BCUT2D eigenvalue weighted by Crippen LogP contribution is -2.11. The van der Waals surface area contributed by atoms with Crippen molar-refractivity contribution in [1.82, 2.24) is 4.98 Å². The highest BCUT2D eigenvalue weighted by molar-refractivity contribution is 7.17. The van der Waals surface area contributed by atoms with Crippen LogP contribution in [0.2, 0.25) is 0 Å². The third-order valence-electron chi connectivity index (χ3n) is 3.48. The first-order chi connectivity index (χ1) is 9.95. The van der Waals surface area contributed by atoms with Crippen molar-refractivity contribution in [2.75, 3.05) is 0 Å². The van der Waals surface area contributed by atoms with Gasteiger partial charge in [0.15, 0.2) is 0 Å². The summed E-state index contributed by atoms with van der Waals surface area (Å²) < 4.78 is 1.27. The highest BCUT2D eigenvalue weighted by Crippen LogP contribution is 2.32. The van der Waals surface area contributed by atoms with E-state index in [0.29, 0.717) is 6.42 Å². The van der Waals surface area contributed by atoms with Gasteiger partial charge < -0.3 is 5.11 Å². The zero-order chi connectivity index (χ0) is 15.0. The average molecular weight is 317 g/mol. The molecule has 0 aliphatic carbocycles. The molecule has 2 heterocycles. The minimum absolute atomic E-state index is 0.0394. The Morgan fingerprint density at radius 1 is 1.14 bits per heavy atom. The number of benzene rings is 1. The minimum Gasteiger partial charge on any atom is -0.386 e. The fraction of sp³-hybridized carbons (Fsp3) is 0.353. The Labute approximate surface area is 133 Å². The molecule has 1 aromatic carbocycles. The van der Waals surface area contributed by atoms with Gasteiger partial charge in [0.1, 0.15) is 6.10 Å².